The van der Waals surface area contributed by atoms with Crippen LogP contribution >= 0.6 is 22.9 Å². The second kappa shape index (κ2) is 5.43. The summed E-state index contributed by atoms with van der Waals surface area (Å²) < 4.78 is 0. The fourth-order valence-electron chi connectivity index (χ4n) is 1.89. The molecule has 19 heavy (non-hydrogen) atoms. The van der Waals surface area contributed by atoms with E-state index in [-0.39, 0.29) is 0 Å². The molecule has 2 aromatic heterocycles. The molecule has 100 valence electrons. The Morgan fingerprint density at radius 3 is 2.89 bits per heavy atom. The molecule has 0 atom stereocenters. The van der Waals surface area contributed by atoms with Gasteiger partial charge in [0.25, 0.3) is 0 Å². The van der Waals surface area contributed by atoms with E-state index in [1.165, 1.54) is 12.8 Å². The zero-order chi connectivity index (χ0) is 13.2. The lowest BCUT2D eigenvalue weighted by molar-refractivity contribution is 0.908. The van der Waals surface area contributed by atoms with Gasteiger partial charge in [-0.2, -0.15) is 0 Å². The van der Waals surface area contributed by atoms with Crippen LogP contribution in [0.1, 0.15) is 35.3 Å². The summed E-state index contributed by atoms with van der Waals surface area (Å²) in [5, 5.41) is 7.02. The van der Waals surface area contributed by atoms with Crippen LogP contribution in [0.15, 0.2) is 11.4 Å². The van der Waals surface area contributed by atoms with Crippen molar-refractivity contribution in [1.29, 1.82) is 0 Å². The highest BCUT2D eigenvalue weighted by molar-refractivity contribution is 7.09. The number of hydrogen-bond acceptors (Lipinski definition) is 5. The van der Waals surface area contributed by atoms with Gasteiger partial charge in [-0.15, -0.1) is 11.3 Å². The van der Waals surface area contributed by atoms with E-state index in [1.54, 1.807) is 17.4 Å². The van der Waals surface area contributed by atoms with E-state index in [9.17, 15) is 0 Å². The molecule has 2 heterocycles. The van der Waals surface area contributed by atoms with E-state index < -0.39 is 0 Å². The Balaban J connectivity index is 1.60. The van der Waals surface area contributed by atoms with Crippen molar-refractivity contribution in [2.24, 2.45) is 0 Å². The zero-order valence-electron chi connectivity index (χ0n) is 10.7. The molecule has 0 radical (unpaired) electrons. The summed E-state index contributed by atoms with van der Waals surface area (Å²) in [4.78, 5) is 13.2. The standard InChI is InChI=1S/C13H15ClN4S/c1-8-16-10(7-19-8)4-5-15-12-6-11(14)17-13(18-12)9-2-3-9/h6-7,9H,2-5H2,1H3,(H,15,17,18). The van der Waals surface area contributed by atoms with Gasteiger partial charge in [0.15, 0.2) is 0 Å². The smallest absolute Gasteiger partial charge is 0.135 e. The van der Waals surface area contributed by atoms with Gasteiger partial charge in [-0.1, -0.05) is 11.6 Å². The van der Waals surface area contributed by atoms with Crippen LogP contribution in [0.25, 0.3) is 0 Å². The molecule has 1 fully saturated rings. The Kier molecular flexibility index (Phi) is 3.66. The number of halogens is 1. The van der Waals surface area contributed by atoms with Crippen molar-refractivity contribution in [2.45, 2.75) is 32.1 Å². The molecule has 0 aromatic carbocycles. The van der Waals surface area contributed by atoms with Crippen LogP contribution in [0.2, 0.25) is 5.15 Å². The number of rotatable bonds is 5. The van der Waals surface area contributed by atoms with Crippen molar-refractivity contribution < 1.29 is 0 Å². The van der Waals surface area contributed by atoms with Crippen LogP contribution < -0.4 is 5.32 Å². The van der Waals surface area contributed by atoms with Crippen molar-refractivity contribution in [3.05, 3.63) is 33.1 Å². The normalized spacial score (nSPS) is 14.6. The molecule has 0 amide bonds. The summed E-state index contributed by atoms with van der Waals surface area (Å²) in [6.45, 7) is 2.83. The molecule has 6 heteroatoms. The van der Waals surface area contributed by atoms with E-state index >= 15 is 0 Å². The third-order valence-corrected chi connectivity index (χ3v) is 4.02. The molecular formula is C13H15ClN4S. The van der Waals surface area contributed by atoms with Crippen LogP contribution in [0.5, 0.6) is 0 Å². The van der Waals surface area contributed by atoms with E-state index in [2.05, 4.69) is 25.6 Å². The minimum atomic E-state index is 0.514. The first kappa shape index (κ1) is 12.8. The minimum Gasteiger partial charge on any atom is -0.370 e. The number of thiazole rings is 1. The third kappa shape index (κ3) is 3.42. The van der Waals surface area contributed by atoms with Gasteiger partial charge in [0, 0.05) is 30.3 Å². The highest BCUT2D eigenvalue weighted by Gasteiger charge is 2.27. The number of anilines is 1. The van der Waals surface area contributed by atoms with Crippen LogP contribution in [0.3, 0.4) is 0 Å². The topological polar surface area (TPSA) is 50.7 Å². The van der Waals surface area contributed by atoms with Gasteiger partial charge in [-0.05, 0) is 19.8 Å². The second-order valence-corrected chi connectivity index (χ2v) is 6.19. The Morgan fingerprint density at radius 1 is 1.37 bits per heavy atom. The van der Waals surface area contributed by atoms with Crippen LogP contribution in [0.4, 0.5) is 5.82 Å². The highest BCUT2D eigenvalue weighted by atomic mass is 35.5. The first-order chi connectivity index (χ1) is 9.20. The molecular weight excluding hydrogens is 280 g/mol. The fraction of sp³-hybridized carbons (Fsp3) is 0.462. The molecule has 1 N–H and O–H groups in total. The predicted octanol–water partition coefficient (Wildman–Crippen LogP) is 3.43. The van der Waals surface area contributed by atoms with Crippen LogP contribution in [-0.2, 0) is 6.42 Å². The van der Waals surface area contributed by atoms with Crippen molar-refractivity contribution in [3.63, 3.8) is 0 Å². The molecule has 0 aliphatic heterocycles. The molecule has 0 unspecified atom stereocenters. The van der Waals surface area contributed by atoms with Gasteiger partial charge in [0.1, 0.15) is 16.8 Å². The monoisotopic (exact) mass is 294 g/mol. The summed E-state index contributed by atoms with van der Waals surface area (Å²) in [5.74, 6) is 2.20. The maximum atomic E-state index is 6.02. The lowest BCUT2D eigenvalue weighted by Crippen LogP contribution is -2.08. The summed E-state index contributed by atoms with van der Waals surface area (Å²) in [6.07, 6.45) is 3.25. The van der Waals surface area contributed by atoms with Crippen molar-refractivity contribution in [1.82, 2.24) is 15.0 Å². The fourth-order valence-corrected chi connectivity index (χ4v) is 2.73. The molecule has 4 nitrogen and oxygen atoms in total. The summed E-state index contributed by atoms with van der Waals surface area (Å²) in [7, 11) is 0. The third-order valence-electron chi connectivity index (χ3n) is 3.01. The number of aryl methyl sites for hydroxylation is 1. The molecule has 0 saturated heterocycles. The number of aromatic nitrogens is 3. The number of nitrogens with one attached hydrogen (secondary N) is 1. The van der Waals surface area contributed by atoms with Crippen molar-refractivity contribution in [2.75, 3.05) is 11.9 Å². The molecule has 1 aliphatic carbocycles. The van der Waals surface area contributed by atoms with E-state index in [4.69, 9.17) is 11.6 Å². The van der Waals surface area contributed by atoms with Crippen LogP contribution in [-0.4, -0.2) is 21.5 Å². The van der Waals surface area contributed by atoms with Gasteiger partial charge >= 0.3 is 0 Å². The van der Waals surface area contributed by atoms with Crippen molar-refractivity contribution >= 4 is 28.8 Å². The molecule has 3 rings (SSSR count). The first-order valence-corrected chi connectivity index (χ1v) is 7.66. The maximum Gasteiger partial charge on any atom is 0.135 e. The van der Waals surface area contributed by atoms with E-state index in [1.807, 2.05) is 6.92 Å². The van der Waals surface area contributed by atoms with E-state index in [0.717, 1.165) is 35.3 Å². The largest absolute Gasteiger partial charge is 0.370 e. The average Bonchev–Trinajstić information content (AvgIpc) is 3.13. The molecule has 0 spiro atoms. The quantitative estimate of drug-likeness (QED) is 0.859. The predicted molar refractivity (Wildman–Crippen MR) is 78.1 cm³/mol. The minimum absolute atomic E-state index is 0.514. The van der Waals surface area contributed by atoms with Gasteiger partial charge < -0.3 is 5.32 Å². The number of nitrogens with zero attached hydrogens (tertiary/aromatic N) is 3. The lowest BCUT2D eigenvalue weighted by Gasteiger charge is -2.06. The van der Waals surface area contributed by atoms with Crippen LogP contribution in [0, 0.1) is 6.92 Å². The summed E-state index contributed by atoms with van der Waals surface area (Å²) in [5.41, 5.74) is 1.12. The SMILES string of the molecule is Cc1nc(CCNc2cc(Cl)nc(C3CC3)n2)cs1. The molecule has 1 aliphatic rings. The number of hydrogen-bond donors (Lipinski definition) is 1. The highest BCUT2D eigenvalue weighted by Crippen LogP contribution is 2.38. The molecule has 0 bridgehead atoms. The average molecular weight is 295 g/mol. The Hall–Kier alpha value is -1.20. The van der Waals surface area contributed by atoms with Gasteiger partial charge in [0.05, 0.1) is 10.7 Å². The summed E-state index contributed by atoms with van der Waals surface area (Å²) in [6, 6.07) is 1.78. The molecule has 1 saturated carbocycles. The van der Waals surface area contributed by atoms with Crippen molar-refractivity contribution in [3.8, 4) is 0 Å². The van der Waals surface area contributed by atoms with Gasteiger partial charge in [-0.3, -0.25) is 0 Å². The van der Waals surface area contributed by atoms with E-state index in [0.29, 0.717) is 11.1 Å². The second-order valence-electron chi connectivity index (χ2n) is 4.74. The Morgan fingerprint density at radius 2 is 2.21 bits per heavy atom. The Bertz CT molecular complexity index is 580. The van der Waals surface area contributed by atoms with Gasteiger partial charge in [-0.25, -0.2) is 15.0 Å². The Labute approximate surface area is 121 Å². The summed E-state index contributed by atoms with van der Waals surface area (Å²) >= 11 is 7.70. The first-order valence-electron chi connectivity index (χ1n) is 6.40. The maximum absolute atomic E-state index is 6.02. The molecule has 2 aromatic rings. The lowest BCUT2D eigenvalue weighted by atomic mass is 10.3. The zero-order valence-corrected chi connectivity index (χ0v) is 12.3. The van der Waals surface area contributed by atoms with Gasteiger partial charge in [0.2, 0.25) is 0 Å².